The van der Waals surface area contributed by atoms with E-state index in [4.69, 9.17) is 9.84 Å². The molecule has 18 heavy (non-hydrogen) atoms. The smallest absolute Gasteiger partial charge is 0.338 e. The summed E-state index contributed by atoms with van der Waals surface area (Å²) in [7, 11) is 1.49. The fraction of sp³-hybridized carbons (Fsp3) is 0.214. The molecule has 0 amide bonds. The highest BCUT2D eigenvalue weighted by atomic mass is 19.1. The second-order valence-electron chi connectivity index (χ2n) is 3.98. The first-order valence-corrected chi connectivity index (χ1v) is 5.55. The lowest BCUT2D eigenvalue weighted by Gasteiger charge is -2.12. The van der Waals surface area contributed by atoms with E-state index in [0.717, 1.165) is 10.8 Å². The number of rotatable bonds is 4. The van der Waals surface area contributed by atoms with Crippen molar-refractivity contribution in [3.63, 3.8) is 0 Å². The Bertz CT molecular complexity index is 580. The average molecular weight is 248 g/mol. The first kappa shape index (κ1) is 12.4. The number of carboxylic acids is 1. The minimum Gasteiger partial charge on any atom is -0.496 e. The van der Waals surface area contributed by atoms with Gasteiger partial charge in [-0.1, -0.05) is 30.3 Å². The molecule has 0 saturated heterocycles. The molecule has 2 rings (SSSR count). The summed E-state index contributed by atoms with van der Waals surface area (Å²) < 4.78 is 18.6. The fourth-order valence-electron chi connectivity index (χ4n) is 1.98. The highest BCUT2D eigenvalue weighted by molar-refractivity contribution is 5.88. The zero-order chi connectivity index (χ0) is 13.1. The Balaban J connectivity index is 2.54. The molecule has 2 aromatic carbocycles. The van der Waals surface area contributed by atoms with E-state index in [-0.39, 0.29) is 6.42 Å². The van der Waals surface area contributed by atoms with E-state index in [0.29, 0.717) is 11.3 Å². The molecule has 1 N–H and O–H groups in total. The standard InChI is InChI=1S/C14H13FO3/c1-18-13-7-6-9-4-2-3-5-10(9)11(13)8-12(15)14(16)17/h2-7,12H,8H2,1H3,(H,16,17). The number of ether oxygens (including phenoxy) is 1. The number of alkyl halides is 1. The van der Waals surface area contributed by atoms with Gasteiger partial charge in [0.25, 0.3) is 0 Å². The summed E-state index contributed by atoms with van der Waals surface area (Å²) in [5, 5.41) is 10.4. The summed E-state index contributed by atoms with van der Waals surface area (Å²) in [5.41, 5.74) is 0.588. The van der Waals surface area contributed by atoms with Crippen LogP contribution in [0.1, 0.15) is 5.56 Å². The molecule has 1 unspecified atom stereocenters. The minimum atomic E-state index is -1.93. The van der Waals surface area contributed by atoms with Gasteiger partial charge in [-0.2, -0.15) is 0 Å². The van der Waals surface area contributed by atoms with E-state index in [2.05, 4.69) is 0 Å². The van der Waals surface area contributed by atoms with Crippen molar-refractivity contribution in [1.29, 1.82) is 0 Å². The van der Waals surface area contributed by atoms with Crippen molar-refractivity contribution >= 4 is 16.7 Å². The van der Waals surface area contributed by atoms with Crippen LogP contribution in [0.2, 0.25) is 0 Å². The van der Waals surface area contributed by atoms with E-state index in [1.807, 2.05) is 30.3 Å². The molecule has 0 aliphatic carbocycles. The van der Waals surface area contributed by atoms with Crippen LogP contribution < -0.4 is 4.74 Å². The van der Waals surface area contributed by atoms with Crippen molar-refractivity contribution in [3.05, 3.63) is 42.0 Å². The van der Waals surface area contributed by atoms with Crippen LogP contribution in [0.5, 0.6) is 5.75 Å². The van der Waals surface area contributed by atoms with Crippen molar-refractivity contribution in [1.82, 2.24) is 0 Å². The van der Waals surface area contributed by atoms with Crippen LogP contribution in [0, 0.1) is 0 Å². The van der Waals surface area contributed by atoms with Crippen molar-refractivity contribution in [3.8, 4) is 5.75 Å². The van der Waals surface area contributed by atoms with E-state index >= 15 is 0 Å². The molecule has 0 aliphatic rings. The van der Waals surface area contributed by atoms with Gasteiger partial charge in [0.15, 0.2) is 0 Å². The summed E-state index contributed by atoms with van der Waals surface area (Å²) in [4.78, 5) is 10.6. The molecule has 0 radical (unpaired) electrons. The quantitative estimate of drug-likeness (QED) is 0.905. The van der Waals surface area contributed by atoms with Crippen LogP contribution in [0.4, 0.5) is 4.39 Å². The molecule has 3 nitrogen and oxygen atoms in total. The fourth-order valence-corrected chi connectivity index (χ4v) is 1.98. The van der Waals surface area contributed by atoms with Crippen LogP contribution >= 0.6 is 0 Å². The third-order valence-corrected chi connectivity index (χ3v) is 2.87. The second-order valence-corrected chi connectivity index (χ2v) is 3.98. The maximum absolute atomic E-state index is 13.4. The summed E-state index contributed by atoms with van der Waals surface area (Å²) >= 11 is 0. The van der Waals surface area contributed by atoms with Crippen LogP contribution in [0.3, 0.4) is 0 Å². The largest absolute Gasteiger partial charge is 0.496 e. The number of hydrogen-bond acceptors (Lipinski definition) is 2. The molecule has 0 aromatic heterocycles. The minimum absolute atomic E-state index is 0.195. The van der Waals surface area contributed by atoms with Gasteiger partial charge in [0.2, 0.25) is 6.17 Å². The van der Waals surface area contributed by atoms with E-state index in [1.165, 1.54) is 7.11 Å². The van der Waals surface area contributed by atoms with Gasteiger partial charge in [0.05, 0.1) is 7.11 Å². The Kier molecular flexibility index (Phi) is 3.46. The summed E-state index contributed by atoms with van der Waals surface area (Å²) in [6, 6.07) is 11.0. The van der Waals surface area contributed by atoms with Crippen molar-refractivity contribution < 1.29 is 19.0 Å². The van der Waals surface area contributed by atoms with Crippen LogP contribution in [-0.4, -0.2) is 24.4 Å². The lowest BCUT2D eigenvalue weighted by atomic mass is 9.99. The third-order valence-electron chi connectivity index (χ3n) is 2.87. The SMILES string of the molecule is COc1ccc2ccccc2c1CC(F)C(=O)O. The molecule has 0 spiro atoms. The normalized spacial score (nSPS) is 12.3. The molecule has 2 aromatic rings. The number of aliphatic carboxylic acids is 1. The Hall–Kier alpha value is -2.10. The molecule has 0 bridgehead atoms. The number of hydrogen-bond donors (Lipinski definition) is 1. The molecule has 0 fully saturated rings. The molecule has 0 aliphatic heterocycles. The lowest BCUT2D eigenvalue weighted by Crippen LogP contribution is -2.17. The first-order chi connectivity index (χ1) is 8.63. The summed E-state index contributed by atoms with van der Waals surface area (Å²) in [5.74, 6) is -0.942. The summed E-state index contributed by atoms with van der Waals surface area (Å²) in [6.07, 6.45) is -2.12. The van der Waals surface area contributed by atoms with Gasteiger partial charge in [-0.25, -0.2) is 9.18 Å². The molecule has 0 saturated carbocycles. The Morgan fingerprint density at radius 1 is 1.33 bits per heavy atom. The van der Waals surface area contributed by atoms with Gasteiger partial charge in [-0.3, -0.25) is 0 Å². The highest BCUT2D eigenvalue weighted by Gasteiger charge is 2.20. The number of halogens is 1. The maximum Gasteiger partial charge on any atom is 0.338 e. The molecule has 4 heteroatoms. The van der Waals surface area contributed by atoms with Gasteiger partial charge in [-0.05, 0) is 16.8 Å². The number of carboxylic acid groups (broad SMARTS) is 1. The van der Waals surface area contributed by atoms with Gasteiger partial charge in [0, 0.05) is 12.0 Å². The Morgan fingerprint density at radius 2 is 2.06 bits per heavy atom. The van der Waals surface area contributed by atoms with Gasteiger partial charge in [-0.15, -0.1) is 0 Å². The second kappa shape index (κ2) is 5.04. The van der Waals surface area contributed by atoms with Crippen LogP contribution in [0.15, 0.2) is 36.4 Å². The molecular formula is C14H13FO3. The zero-order valence-corrected chi connectivity index (χ0v) is 9.89. The number of methoxy groups -OCH3 is 1. The molecule has 94 valence electrons. The maximum atomic E-state index is 13.4. The van der Waals surface area contributed by atoms with Gasteiger partial charge >= 0.3 is 5.97 Å². The number of benzene rings is 2. The number of fused-ring (bicyclic) bond motifs is 1. The topological polar surface area (TPSA) is 46.5 Å². The Labute approximate surface area is 104 Å². The molecule has 0 heterocycles. The zero-order valence-electron chi connectivity index (χ0n) is 9.89. The Morgan fingerprint density at radius 3 is 2.72 bits per heavy atom. The monoisotopic (exact) mass is 248 g/mol. The van der Waals surface area contributed by atoms with E-state index in [1.54, 1.807) is 6.07 Å². The predicted molar refractivity (Wildman–Crippen MR) is 66.7 cm³/mol. The lowest BCUT2D eigenvalue weighted by molar-refractivity contribution is -0.142. The van der Waals surface area contributed by atoms with Crippen molar-refractivity contribution in [2.45, 2.75) is 12.6 Å². The predicted octanol–water partition coefficient (Wildman–Crippen LogP) is 2.81. The van der Waals surface area contributed by atoms with E-state index < -0.39 is 12.1 Å². The van der Waals surface area contributed by atoms with Gasteiger partial charge in [0.1, 0.15) is 5.75 Å². The van der Waals surface area contributed by atoms with Crippen LogP contribution in [-0.2, 0) is 11.2 Å². The first-order valence-electron chi connectivity index (χ1n) is 5.55. The highest BCUT2D eigenvalue weighted by Crippen LogP contribution is 2.29. The molecule has 1 atom stereocenters. The summed E-state index contributed by atoms with van der Waals surface area (Å²) in [6.45, 7) is 0. The average Bonchev–Trinajstić information content (AvgIpc) is 2.39. The molecular weight excluding hydrogens is 235 g/mol. The van der Waals surface area contributed by atoms with Gasteiger partial charge < -0.3 is 9.84 Å². The van der Waals surface area contributed by atoms with Crippen molar-refractivity contribution in [2.24, 2.45) is 0 Å². The van der Waals surface area contributed by atoms with E-state index in [9.17, 15) is 9.18 Å². The number of carbonyl (C=O) groups is 1. The third kappa shape index (κ3) is 2.27. The van der Waals surface area contributed by atoms with Crippen molar-refractivity contribution in [2.75, 3.05) is 7.11 Å². The van der Waals surface area contributed by atoms with Crippen LogP contribution in [0.25, 0.3) is 10.8 Å².